The molecule has 2 N–H and O–H groups in total. The van der Waals surface area contributed by atoms with Gasteiger partial charge >= 0.3 is 0 Å². The Bertz CT molecular complexity index is 398. The molecule has 0 radical (unpaired) electrons. The Morgan fingerprint density at radius 3 is 2.83 bits per heavy atom. The van der Waals surface area contributed by atoms with Crippen LogP contribution in [-0.4, -0.2) is 24.0 Å². The Labute approximate surface area is 127 Å². The van der Waals surface area contributed by atoms with Gasteiger partial charge in [-0.25, -0.2) is 0 Å². The molecule has 2 fully saturated rings. The van der Waals surface area contributed by atoms with Gasteiger partial charge in [0.1, 0.15) is 0 Å². The first-order valence-electron chi connectivity index (χ1n) is 6.44. The maximum atomic E-state index is 6.25. The van der Waals surface area contributed by atoms with E-state index in [4.69, 9.17) is 5.73 Å². The van der Waals surface area contributed by atoms with E-state index in [1.54, 1.807) is 0 Å². The van der Waals surface area contributed by atoms with Crippen molar-refractivity contribution in [2.75, 3.05) is 13.1 Å². The zero-order valence-electron chi connectivity index (χ0n) is 10.3. The van der Waals surface area contributed by atoms with Gasteiger partial charge < -0.3 is 5.73 Å². The summed E-state index contributed by atoms with van der Waals surface area (Å²) < 4.78 is 1.24. The summed E-state index contributed by atoms with van der Waals surface area (Å²) in [6.45, 7) is 3.57. The quantitative estimate of drug-likeness (QED) is 0.883. The first-order valence-corrected chi connectivity index (χ1v) is 8.05. The third kappa shape index (κ3) is 3.10. The summed E-state index contributed by atoms with van der Waals surface area (Å²) in [5, 5.41) is 0. The van der Waals surface area contributed by atoms with Gasteiger partial charge in [-0.15, -0.1) is 23.7 Å². The Kier molecular flexibility index (Phi) is 5.12. The van der Waals surface area contributed by atoms with Crippen molar-refractivity contribution >= 4 is 39.7 Å². The van der Waals surface area contributed by atoms with Gasteiger partial charge in [0.15, 0.2) is 0 Å². The SMILES string of the molecule is Cl.NC1CCCC2CN(Cc3ccc(Br)s3)CC12. The minimum Gasteiger partial charge on any atom is -0.327 e. The monoisotopic (exact) mass is 350 g/mol. The van der Waals surface area contributed by atoms with Crippen molar-refractivity contribution in [3.63, 3.8) is 0 Å². The lowest BCUT2D eigenvalue weighted by molar-refractivity contribution is 0.259. The van der Waals surface area contributed by atoms with E-state index in [-0.39, 0.29) is 12.4 Å². The smallest absolute Gasteiger partial charge is 0.0701 e. The van der Waals surface area contributed by atoms with Gasteiger partial charge in [0.2, 0.25) is 0 Å². The number of nitrogens with two attached hydrogens (primary N) is 1. The van der Waals surface area contributed by atoms with Crippen LogP contribution in [-0.2, 0) is 6.54 Å². The third-order valence-corrected chi connectivity index (χ3v) is 5.85. The molecule has 2 aliphatic rings. The molecule has 3 atom stereocenters. The van der Waals surface area contributed by atoms with Crippen LogP contribution in [0.3, 0.4) is 0 Å². The number of halogens is 2. The number of hydrogen-bond donors (Lipinski definition) is 1. The molecule has 2 heterocycles. The third-order valence-electron chi connectivity index (χ3n) is 4.24. The summed E-state index contributed by atoms with van der Waals surface area (Å²) in [6.07, 6.45) is 3.96. The summed E-state index contributed by atoms with van der Waals surface area (Å²) >= 11 is 5.38. The highest BCUT2D eigenvalue weighted by atomic mass is 79.9. The molecule has 0 spiro atoms. The molecule has 0 bridgehead atoms. The van der Waals surface area contributed by atoms with Crippen molar-refractivity contribution in [2.45, 2.75) is 31.8 Å². The number of fused-ring (bicyclic) bond motifs is 1. The summed E-state index contributed by atoms with van der Waals surface area (Å²) in [5.74, 6) is 1.62. The Balaban J connectivity index is 0.00000120. The molecule has 5 heteroatoms. The van der Waals surface area contributed by atoms with Crippen LogP contribution >= 0.6 is 39.7 Å². The van der Waals surface area contributed by atoms with E-state index < -0.39 is 0 Å². The minimum atomic E-state index is 0. The van der Waals surface area contributed by atoms with Gasteiger partial charge in [-0.1, -0.05) is 6.42 Å². The lowest BCUT2D eigenvalue weighted by atomic mass is 9.78. The summed E-state index contributed by atoms with van der Waals surface area (Å²) in [6, 6.07) is 4.83. The van der Waals surface area contributed by atoms with E-state index in [0.717, 1.165) is 18.4 Å². The predicted molar refractivity (Wildman–Crippen MR) is 83.4 cm³/mol. The highest BCUT2D eigenvalue weighted by molar-refractivity contribution is 9.11. The van der Waals surface area contributed by atoms with E-state index >= 15 is 0 Å². The molecule has 1 aromatic rings. The average molecular weight is 352 g/mol. The molecule has 18 heavy (non-hydrogen) atoms. The molecule has 1 aliphatic carbocycles. The van der Waals surface area contributed by atoms with Crippen LogP contribution in [0, 0.1) is 11.8 Å². The van der Waals surface area contributed by atoms with Crippen molar-refractivity contribution in [2.24, 2.45) is 17.6 Å². The number of likely N-dealkylation sites (tertiary alicyclic amines) is 1. The van der Waals surface area contributed by atoms with Crippen LogP contribution in [0.4, 0.5) is 0 Å². The Morgan fingerprint density at radius 1 is 1.33 bits per heavy atom. The topological polar surface area (TPSA) is 29.3 Å². The minimum absolute atomic E-state index is 0. The van der Waals surface area contributed by atoms with Crippen LogP contribution < -0.4 is 5.73 Å². The van der Waals surface area contributed by atoms with Crippen LogP contribution in [0.25, 0.3) is 0 Å². The van der Waals surface area contributed by atoms with E-state index in [0.29, 0.717) is 6.04 Å². The maximum Gasteiger partial charge on any atom is 0.0701 e. The Hall–Kier alpha value is 0.390. The fourth-order valence-electron chi connectivity index (χ4n) is 3.40. The van der Waals surface area contributed by atoms with E-state index in [1.165, 1.54) is 41.0 Å². The number of rotatable bonds is 2. The number of thiophene rings is 1. The largest absolute Gasteiger partial charge is 0.327 e. The van der Waals surface area contributed by atoms with Crippen LogP contribution in [0.1, 0.15) is 24.1 Å². The lowest BCUT2D eigenvalue weighted by Crippen LogP contribution is -2.38. The molecule has 0 amide bonds. The van der Waals surface area contributed by atoms with Crippen LogP contribution in [0.5, 0.6) is 0 Å². The fraction of sp³-hybridized carbons (Fsp3) is 0.692. The first kappa shape index (κ1) is 14.8. The molecule has 3 rings (SSSR count). The summed E-state index contributed by atoms with van der Waals surface area (Å²) in [7, 11) is 0. The van der Waals surface area contributed by atoms with Crippen molar-refractivity contribution in [3.8, 4) is 0 Å². The molecule has 102 valence electrons. The standard InChI is InChI=1S/C13H19BrN2S.ClH/c14-13-5-4-10(17-13)7-16-6-9-2-1-3-12(15)11(9)8-16;/h4-5,9,11-12H,1-3,6-8,15H2;1H. The second-order valence-electron chi connectivity index (χ2n) is 5.42. The Morgan fingerprint density at radius 2 is 2.17 bits per heavy atom. The summed E-state index contributed by atoms with van der Waals surface area (Å²) in [4.78, 5) is 4.06. The lowest BCUT2D eigenvalue weighted by Gasteiger charge is -2.29. The molecule has 1 saturated carbocycles. The first-order chi connectivity index (χ1) is 8.22. The second kappa shape index (κ2) is 6.23. The van der Waals surface area contributed by atoms with Crippen molar-refractivity contribution in [3.05, 3.63) is 20.8 Å². The highest BCUT2D eigenvalue weighted by Gasteiger charge is 2.38. The van der Waals surface area contributed by atoms with Crippen LogP contribution in [0.2, 0.25) is 0 Å². The van der Waals surface area contributed by atoms with E-state index in [9.17, 15) is 0 Å². The number of hydrogen-bond acceptors (Lipinski definition) is 3. The molecule has 3 unspecified atom stereocenters. The van der Waals surface area contributed by atoms with Crippen molar-refractivity contribution in [1.29, 1.82) is 0 Å². The van der Waals surface area contributed by atoms with Gasteiger partial charge in [-0.3, -0.25) is 4.90 Å². The molecule has 2 nitrogen and oxygen atoms in total. The molecule has 1 aromatic heterocycles. The zero-order chi connectivity index (χ0) is 11.8. The molecular formula is C13H20BrClN2S. The fourth-order valence-corrected chi connectivity index (χ4v) is 4.92. The van der Waals surface area contributed by atoms with Gasteiger partial charge in [0.05, 0.1) is 3.79 Å². The zero-order valence-corrected chi connectivity index (χ0v) is 13.6. The average Bonchev–Trinajstić information content (AvgIpc) is 2.86. The van der Waals surface area contributed by atoms with E-state index in [1.807, 2.05) is 11.3 Å². The molecule has 1 saturated heterocycles. The van der Waals surface area contributed by atoms with Crippen molar-refractivity contribution in [1.82, 2.24) is 4.90 Å². The molecule has 0 aromatic carbocycles. The number of nitrogens with zero attached hydrogens (tertiary/aromatic N) is 1. The predicted octanol–water partition coefficient (Wildman–Crippen LogP) is 3.49. The normalized spacial score (nSPS) is 32.0. The van der Waals surface area contributed by atoms with E-state index in [2.05, 4.69) is 33.0 Å². The molecular weight excluding hydrogens is 332 g/mol. The van der Waals surface area contributed by atoms with Crippen LogP contribution in [0.15, 0.2) is 15.9 Å². The summed E-state index contributed by atoms with van der Waals surface area (Å²) in [5.41, 5.74) is 6.25. The van der Waals surface area contributed by atoms with Gasteiger partial charge in [0, 0.05) is 30.6 Å². The maximum absolute atomic E-state index is 6.25. The van der Waals surface area contributed by atoms with Gasteiger partial charge in [-0.2, -0.15) is 0 Å². The molecule has 1 aliphatic heterocycles. The second-order valence-corrected chi connectivity index (χ2v) is 7.97. The highest BCUT2D eigenvalue weighted by Crippen LogP contribution is 2.36. The van der Waals surface area contributed by atoms with Gasteiger partial charge in [0.25, 0.3) is 0 Å². The van der Waals surface area contributed by atoms with Crippen molar-refractivity contribution < 1.29 is 0 Å². The van der Waals surface area contributed by atoms with Gasteiger partial charge in [-0.05, 0) is 52.7 Å².